The van der Waals surface area contributed by atoms with E-state index in [0.717, 1.165) is 12.0 Å². The maximum Gasteiger partial charge on any atom is 0.0279 e. The molecule has 0 N–H and O–H groups in total. The Bertz CT molecular complexity index is 948. The standard InChI is InChI=1S/C20H16N.Ir/c1-13-3-5-18-16(9-13)12-17-11-15(4-6-19(17)18)20-10-14(2)7-8-21-20;/h3,5-11H,12H2,1-2H3;/q-1;/i2D3;. The first-order valence-electron chi connectivity index (χ1n) is 8.53. The van der Waals surface area contributed by atoms with Gasteiger partial charge in [-0.25, -0.2) is 0 Å². The molecule has 1 aliphatic carbocycles. The van der Waals surface area contributed by atoms with Crippen LogP contribution in [0.25, 0.3) is 22.4 Å². The van der Waals surface area contributed by atoms with Crippen LogP contribution in [0.5, 0.6) is 0 Å². The van der Waals surface area contributed by atoms with Gasteiger partial charge >= 0.3 is 0 Å². The van der Waals surface area contributed by atoms with E-state index >= 15 is 0 Å². The SMILES string of the molecule is [2H]C([2H])([2H])c1ccnc(-c2[c-]cc3c(c2)Cc2cc(C)ccc2-3)c1.[Ir]. The molecule has 0 aliphatic heterocycles. The summed E-state index contributed by atoms with van der Waals surface area (Å²) in [4.78, 5) is 4.33. The molecule has 22 heavy (non-hydrogen) atoms. The monoisotopic (exact) mass is 466 g/mol. The summed E-state index contributed by atoms with van der Waals surface area (Å²) in [5.74, 6) is 0. The summed E-state index contributed by atoms with van der Waals surface area (Å²) in [5.41, 5.74) is 8.11. The van der Waals surface area contributed by atoms with Gasteiger partial charge in [0.25, 0.3) is 0 Å². The number of hydrogen-bond acceptors (Lipinski definition) is 1. The van der Waals surface area contributed by atoms with Crippen molar-refractivity contribution in [3.8, 4) is 22.4 Å². The van der Waals surface area contributed by atoms with Gasteiger partial charge in [-0.05, 0) is 37.5 Å². The van der Waals surface area contributed by atoms with Crippen LogP contribution >= 0.6 is 0 Å². The number of rotatable bonds is 1. The molecule has 2 heteroatoms. The maximum atomic E-state index is 7.56. The van der Waals surface area contributed by atoms with E-state index in [2.05, 4.69) is 42.2 Å². The third-order valence-electron chi connectivity index (χ3n) is 4.00. The number of nitrogens with zero attached hydrogens (tertiary/aromatic N) is 1. The zero-order valence-electron chi connectivity index (χ0n) is 15.1. The van der Waals surface area contributed by atoms with Crippen molar-refractivity contribution in [2.24, 2.45) is 0 Å². The van der Waals surface area contributed by atoms with Gasteiger partial charge in [0.2, 0.25) is 0 Å². The number of hydrogen-bond donors (Lipinski definition) is 0. The molecule has 111 valence electrons. The molecule has 0 spiro atoms. The topological polar surface area (TPSA) is 12.9 Å². The van der Waals surface area contributed by atoms with Crippen LogP contribution in [0.4, 0.5) is 0 Å². The fraction of sp³-hybridized carbons (Fsp3) is 0.150. The first kappa shape index (κ1) is 11.8. The molecule has 0 bridgehead atoms. The summed E-state index contributed by atoms with van der Waals surface area (Å²) < 4.78 is 22.7. The minimum atomic E-state index is -2.12. The van der Waals surface area contributed by atoms with Crippen molar-refractivity contribution in [3.05, 3.63) is 77.0 Å². The normalized spacial score (nSPS) is 14.1. The number of aryl methyl sites for hydroxylation is 2. The second-order valence-corrected chi connectivity index (χ2v) is 5.55. The zero-order chi connectivity index (χ0) is 16.9. The molecule has 2 aromatic carbocycles. The molecule has 3 aromatic rings. The quantitative estimate of drug-likeness (QED) is 0.370. The van der Waals surface area contributed by atoms with Crippen LogP contribution in [0.1, 0.15) is 26.4 Å². The minimum absolute atomic E-state index is 0. The van der Waals surface area contributed by atoms with E-state index < -0.39 is 6.85 Å². The molecule has 1 aromatic heterocycles. The van der Waals surface area contributed by atoms with E-state index in [1.54, 1.807) is 18.3 Å². The minimum Gasteiger partial charge on any atom is -0.305 e. The zero-order valence-corrected chi connectivity index (χ0v) is 14.5. The molecule has 0 saturated carbocycles. The van der Waals surface area contributed by atoms with Crippen LogP contribution < -0.4 is 0 Å². The molecule has 0 amide bonds. The smallest absolute Gasteiger partial charge is 0.0279 e. The number of pyridine rings is 1. The van der Waals surface area contributed by atoms with Crippen LogP contribution in [-0.4, -0.2) is 4.98 Å². The molecule has 1 aliphatic rings. The fourth-order valence-corrected chi connectivity index (χ4v) is 3.00. The van der Waals surface area contributed by atoms with E-state index in [0.29, 0.717) is 11.3 Å². The van der Waals surface area contributed by atoms with Gasteiger partial charge in [-0.15, -0.1) is 29.3 Å². The Kier molecular flexibility index (Phi) is 3.10. The maximum absolute atomic E-state index is 7.56. The molecule has 0 unspecified atom stereocenters. The van der Waals surface area contributed by atoms with E-state index in [1.165, 1.54) is 27.8 Å². The molecule has 0 saturated heterocycles. The summed E-state index contributed by atoms with van der Waals surface area (Å²) >= 11 is 0. The molecule has 1 nitrogen and oxygen atoms in total. The molecule has 0 fully saturated rings. The third kappa shape index (κ3) is 2.54. The van der Waals surface area contributed by atoms with E-state index in [4.69, 9.17) is 4.11 Å². The average Bonchev–Trinajstić information content (AvgIpc) is 2.90. The molecule has 1 radical (unpaired) electrons. The van der Waals surface area contributed by atoms with Crippen molar-refractivity contribution < 1.29 is 24.2 Å². The second-order valence-electron chi connectivity index (χ2n) is 5.55. The third-order valence-corrected chi connectivity index (χ3v) is 4.00. The summed E-state index contributed by atoms with van der Waals surface area (Å²) in [6.07, 6.45) is 2.45. The Hall–Kier alpha value is -1.76. The Labute approximate surface area is 149 Å². The summed E-state index contributed by atoms with van der Waals surface area (Å²) in [5, 5.41) is 0. The van der Waals surface area contributed by atoms with Crippen LogP contribution in [0.3, 0.4) is 0 Å². The molecular weight excluding hydrogens is 446 g/mol. The van der Waals surface area contributed by atoms with Gasteiger partial charge in [0.05, 0.1) is 0 Å². The Balaban J connectivity index is 0.00000182. The predicted octanol–water partition coefficient (Wildman–Crippen LogP) is 4.73. The molecule has 4 rings (SSSR count). The van der Waals surface area contributed by atoms with Crippen molar-refractivity contribution in [2.45, 2.75) is 20.2 Å². The predicted molar refractivity (Wildman–Crippen MR) is 86.2 cm³/mol. The van der Waals surface area contributed by atoms with Crippen molar-refractivity contribution in [1.82, 2.24) is 4.98 Å². The summed E-state index contributed by atoms with van der Waals surface area (Å²) in [7, 11) is 0. The Morgan fingerprint density at radius 1 is 1.05 bits per heavy atom. The number of aromatic nitrogens is 1. The average molecular weight is 466 g/mol. The number of benzene rings is 2. The van der Waals surface area contributed by atoms with Gasteiger partial charge in [-0.3, -0.25) is 0 Å². The van der Waals surface area contributed by atoms with E-state index in [-0.39, 0.29) is 20.1 Å². The van der Waals surface area contributed by atoms with Gasteiger partial charge in [-0.1, -0.05) is 46.5 Å². The Morgan fingerprint density at radius 3 is 2.77 bits per heavy atom. The van der Waals surface area contributed by atoms with Gasteiger partial charge in [0, 0.05) is 30.4 Å². The van der Waals surface area contributed by atoms with E-state index in [9.17, 15) is 0 Å². The fourth-order valence-electron chi connectivity index (χ4n) is 3.00. The van der Waals surface area contributed by atoms with Crippen LogP contribution in [0, 0.1) is 19.8 Å². The van der Waals surface area contributed by atoms with Crippen molar-refractivity contribution in [2.75, 3.05) is 0 Å². The van der Waals surface area contributed by atoms with Crippen molar-refractivity contribution in [3.63, 3.8) is 0 Å². The summed E-state index contributed by atoms with van der Waals surface area (Å²) in [6, 6.07) is 17.0. The molecule has 0 atom stereocenters. The van der Waals surface area contributed by atoms with Crippen LogP contribution in [0.2, 0.25) is 0 Å². The van der Waals surface area contributed by atoms with Gasteiger partial charge in [-0.2, -0.15) is 0 Å². The van der Waals surface area contributed by atoms with Crippen molar-refractivity contribution in [1.29, 1.82) is 0 Å². The first-order chi connectivity index (χ1) is 11.4. The molecular formula is C20H16IrN-. The summed E-state index contributed by atoms with van der Waals surface area (Å²) in [6.45, 7) is -0.0206. The van der Waals surface area contributed by atoms with Gasteiger partial charge in [0.15, 0.2) is 0 Å². The molecule has 1 heterocycles. The van der Waals surface area contributed by atoms with Crippen LogP contribution in [0.15, 0.2) is 48.7 Å². The number of fused-ring (bicyclic) bond motifs is 3. The van der Waals surface area contributed by atoms with Crippen LogP contribution in [-0.2, 0) is 26.5 Å². The second kappa shape index (κ2) is 5.79. The van der Waals surface area contributed by atoms with E-state index in [1.807, 2.05) is 6.07 Å². The van der Waals surface area contributed by atoms with Gasteiger partial charge < -0.3 is 4.98 Å². The van der Waals surface area contributed by atoms with Gasteiger partial charge in [0.1, 0.15) is 0 Å². The first-order valence-corrected chi connectivity index (χ1v) is 7.03. The largest absolute Gasteiger partial charge is 0.305 e. The Morgan fingerprint density at radius 2 is 1.91 bits per heavy atom. The van der Waals surface area contributed by atoms with Crippen molar-refractivity contribution >= 4 is 0 Å².